The van der Waals surface area contributed by atoms with Gasteiger partial charge in [-0.05, 0) is 31.6 Å². The van der Waals surface area contributed by atoms with Gasteiger partial charge in [-0.2, -0.15) is 0 Å². The number of carbonyl (C=O) groups excluding carboxylic acids is 3. The Morgan fingerprint density at radius 1 is 1.28 bits per heavy atom. The summed E-state index contributed by atoms with van der Waals surface area (Å²) in [5.74, 6) is -1.76. The number of nitrogens with two attached hydrogens (primary N) is 1. The lowest BCUT2D eigenvalue weighted by Gasteiger charge is -2.47. The van der Waals surface area contributed by atoms with Gasteiger partial charge in [0.1, 0.15) is 11.5 Å². The number of hydrogen-bond acceptors (Lipinski definition) is 8. The fraction of sp³-hybridized carbons (Fsp3) is 0.760. The van der Waals surface area contributed by atoms with E-state index in [9.17, 15) is 24.3 Å². The fourth-order valence-electron chi connectivity index (χ4n) is 6.24. The van der Waals surface area contributed by atoms with Crippen LogP contribution in [0, 0.1) is 17.8 Å². The normalized spacial score (nSPS) is 34.7. The summed E-state index contributed by atoms with van der Waals surface area (Å²) >= 11 is 1.49. The van der Waals surface area contributed by atoms with Crippen molar-refractivity contribution in [1.82, 2.24) is 20.4 Å². The Morgan fingerprint density at radius 2 is 2.03 bits per heavy atom. The monoisotopic (exact) mass is 519 g/mol. The summed E-state index contributed by atoms with van der Waals surface area (Å²) in [6.45, 7) is 6.10. The molecule has 0 aromatic rings. The molecule has 3 saturated heterocycles. The second-order valence-corrected chi connectivity index (χ2v) is 12.5. The molecule has 1 aliphatic carbocycles. The van der Waals surface area contributed by atoms with Gasteiger partial charge in [-0.15, -0.1) is 11.8 Å². The molecule has 10 nitrogen and oxygen atoms in total. The lowest BCUT2D eigenvalue weighted by molar-refractivity contribution is -0.160. The number of nitrogens with zero attached hydrogens (tertiary/aromatic N) is 2. The number of aliphatic carboxylic acids is 1. The summed E-state index contributed by atoms with van der Waals surface area (Å²) in [6, 6.07) is -0.0386. The highest BCUT2D eigenvalue weighted by atomic mass is 32.2. The predicted octanol–water partition coefficient (Wildman–Crippen LogP) is 0.130. The Hall–Kier alpha value is -1.95. The number of fused-ring (bicyclic) bond motifs is 1. The molecule has 7 atom stereocenters. The zero-order valence-electron chi connectivity index (χ0n) is 20.9. The molecule has 0 aromatic carbocycles. The molecule has 0 spiro atoms. The third kappa shape index (κ3) is 4.82. The molecule has 1 unspecified atom stereocenters. The number of ketones is 1. The van der Waals surface area contributed by atoms with E-state index in [-0.39, 0.29) is 64.4 Å². The van der Waals surface area contributed by atoms with Crippen LogP contribution in [0.3, 0.4) is 0 Å². The second kappa shape index (κ2) is 10.1. The standard InChI is InChI=1S/C25H37N5O5S/c1-12(7-16(31)9-27-15-3-4-15)19-20-13(2)22(21(25(34)35)30(20)24(19)33)36-17-8-18(28-10-17)23(32)29-6-5-14(26)11-29/h12-15,17-20,27-28H,3-11,26H2,1-2H3,(H,34,35)/t12-,13+,14-,17?,18-,19+,20+/m0/s1. The van der Waals surface area contributed by atoms with Crippen molar-refractivity contribution in [3.8, 4) is 0 Å². The number of nitrogens with one attached hydrogen (secondary N) is 2. The number of carboxylic acid groups (broad SMARTS) is 1. The minimum absolute atomic E-state index is 0.0327. The average Bonchev–Trinajstić information content (AvgIpc) is 3.26. The third-order valence-electron chi connectivity index (χ3n) is 8.34. The number of hydrogen-bond donors (Lipinski definition) is 4. The van der Waals surface area contributed by atoms with Gasteiger partial charge in [-0.1, -0.05) is 13.8 Å². The van der Waals surface area contributed by atoms with E-state index in [0.717, 1.165) is 19.3 Å². The predicted molar refractivity (Wildman–Crippen MR) is 135 cm³/mol. The minimum atomic E-state index is -1.10. The Labute approximate surface area is 215 Å². The van der Waals surface area contributed by atoms with Crippen LogP contribution in [-0.2, 0) is 19.2 Å². The zero-order valence-corrected chi connectivity index (χ0v) is 21.8. The molecule has 5 N–H and O–H groups in total. The van der Waals surface area contributed by atoms with E-state index in [1.807, 2.05) is 18.7 Å². The summed E-state index contributed by atoms with van der Waals surface area (Å²) in [7, 11) is 0. The van der Waals surface area contributed by atoms with Crippen LogP contribution in [-0.4, -0.2) is 94.1 Å². The maximum atomic E-state index is 13.1. The first kappa shape index (κ1) is 25.7. The summed E-state index contributed by atoms with van der Waals surface area (Å²) in [4.78, 5) is 54.6. The number of carboxylic acids is 1. The van der Waals surface area contributed by atoms with Gasteiger partial charge in [-0.25, -0.2) is 4.79 Å². The van der Waals surface area contributed by atoms with Gasteiger partial charge in [0.15, 0.2) is 0 Å². The van der Waals surface area contributed by atoms with Crippen molar-refractivity contribution in [3.63, 3.8) is 0 Å². The smallest absolute Gasteiger partial charge is 0.353 e. The van der Waals surface area contributed by atoms with Crippen molar-refractivity contribution in [3.05, 3.63) is 10.6 Å². The van der Waals surface area contributed by atoms with E-state index in [4.69, 9.17) is 5.73 Å². The molecule has 4 aliphatic heterocycles. The lowest BCUT2D eigenvalue weighted by Crippen LogP contribution is -2.62. The quantitative estimate of drug-likeness (QED) is 0.296. The topological polar surface area (TPSA) is 145 Å². The summed E-state index contributed by atoms with van der Waals surface area (Å²) < 4.78 is 0. The lowest BCUT2D eigenvalue weighted by atomic mass is 9.73. The first-order valence-corrected chi connectivity index (χ1v) is 14.0. The molecule has 2 amide bonds. The van der Waals surface area contributed by atoms with Crippen LogP contribution in [0.25, 0.3) is 0 Å². The van der Waals surface area contributed by atoms with Crippen LogP contribution >= 0.6 is 11.8 Å². The van der Waals surface area contributed by atoms with Crippen molar-refractivity contribution in [2.24, 2.45) is 23.5 Å². The highest BCUT2D eigenvalue weighted by Gasteiger charge is 2.60. The summed E-state index contributed by atoms with van der Waals surface area (Å²) in [6.07, 6.45) is 3.96. The van der Waals surface area contributed by atoms with Crippen LogP contribution < -0.4 is 16.4 Å². The van der Waals surface area contributed by atoms with Crippen molar-refractivity contribution < 1.29 is 24.3 Å². The number of β-lactam (4-membered cyclic amide) rings is 1. The van der Waals surface area contributed by atoms with Crippen LogP contribution in [0.15, 0.2) is 10.6 Å². The van der Waals surface area contributed by atoms with Crippen molar-refractivity contribution in [2.75, 3.05) is 26.2 Å². The number of likely N-dealkylation sites (tertiary alicyclic amines) is 1. The highest BCUT2D eigenvalue weighted by molar-refractivity contribution is 8.03. The number of rotatable bonds is 10. The molecule has 0 radical (unpaired) electrons. The van der Waals surface area contributed by atoms with Gasteiger partial charge in [0.05, 0.1) is 24.5 Å². The summed E-state index contributed by atoms with van der Waals surface area (Å²) in [5.41, 5.74) is 6.03. The molecular formula is C25H37N5O5S. The number of amides is 2. The van der Waals surface area contributed by atoms with Crippen molar-refractivity contribution in [1.29, 1.82) is 0 Å². The van der Waals surface area contributed by atoms with Crippen LogP contribution in [0.4, 0.5) is 0 Å². The van der Waals surface area contributed by atoms with Gasteiger partial charge in [0.25, 0.3) is 0 Å². The van der Waals surface area contributed by atoms with Gasteiger partial charge < -0.3 is 31.3 Å². The van der Waals surface area contributed by atoms with Crippen LogP contribution in [0.1, 0.15) is 46.0 Å². The number of Topliss-reactive ketones (excluding diaryl/α,β-unsaturated/α-hetero) is 1. The minimum Gasteiger partial charge on any atom is -0.477 e. The number of thioether (sulfide) groups is 1. The Kier molecular flexibility index (Phi) is 7.19. The molecule has 0 bridgehead atoms. The molecule has 1 saturated carbocycles. The van der Waals surface area contributed by atoms with Gasteiger partial charge in [0.2, 0.25) is 11.8 Å². The fourth-order valence-corrected chi connectivity index (χ4v) is 7.72. The van der Waals surface area contributed by atoms with E-state index in [1.54, 1.807) is 0 Å². The van der Waals surface area contributed by atoms with Gasteiger partial charge >= 0.3 is 5.97 Å². The van der Waals surface area contributed by atoms with Crippen molar-refractivity contribution >= 4 is 35.3 Å². The Morgan fingerprint density at radius 3 is 2.67 bits per heavy atom. The van der Waals surface area contributed by atoms with E-state index < -0.39 is 5.97 Å². The van der Waals surface area contributed by atoms with E-state index in [1.165, 1.54) is 16.7 Å². The Balaban J connectivity index is 1.22. The largest absolute Gasteiger partial charge is 0.477 e. The van der Waals surface area contributed by atoms with Crippen molar-refractivity contribution in [2.45, 2.75) is 75.4 Å². The number of carbonyl (C=O) groups is 4. The van der Waals surface area contributed by atoms with E-state index >= 15 is 0 Å². The maximum Gasteiger partial charge on any atom is 0.353 e. The highest BCUT2D eigenvalue weighted by Crippen LogP contribution is 2.53. The first-order chi connectivity index (χ1) is 17.2. The second-order valence-electron chi connectivity index (χ2n) is 11.2. The van der Waals surface area contributed by atoms with Crippen LogP contribution in [0.2, 0.25) is 0 Å². The van der Waals surface area contributed by atoms with Crippen LogP contribution in [0.5, 0.6) is 0 Å². The first-order valence-electron chi connectivity index (χ1n) is 13.2. The molecule has 4 fully saturated rings. The van der Waals surface area contributed by atoms with Gasteiger partial charge in [0, 0.05) is 54.2 Å². The molecule has 11 heteroatoms. The average molecular weight is 520 g/mol. The molecule has 198 valence electrons. The van der Waals surface area contributed by atoms with E-state index in [0.29, 0.717) is 50.0 Å². The molecule has 4 heterocycles. The molecule has 36 heavy (non-hydrogen) atoms. The molecular weight excluding hydrogens is 482 g/mol. The SMILES string of the molecule is C[C@@H](CC(=O)CNC1CC1)[C@H]1C(=O)N2C(C(=O)O)=C(SC3CN[C@H](C(=O)N4CC[C@H](N)C4)C3)[C@H](C)[C@H]12. The zero-order chi connectivity index (χ0) is 25.7. The summed E-state index contributed by atoms with van der Waals surface area (Å²) in [5, 5.41) is 16.6. The maximum absolute atomic E-state index is 13.1. The van der Waals surface area contributed by atoms with E-state index in [2.05, 4.69) is 10.6 Å². The molecule has 5 aliphatic rings. The molecule has 0 aromatic heterocycles. The third-order valence-corrected chi connectivity index (χ3v) is 9.85. The van der Waals surface area contributed by atoms with Gasteiger partial charge in [-0.3, -0.25) is 14.4 Å². The Bertz CT molecular complexity index is 984. The molecule has 5 rings (SSSR count).